The minimum absolute atomic E-state index is 0.211. The normalized spacial score (nSPS) is 20.1. The third kappa shape index (κ3) is 2.70. The zero-order valence-electron chi connectivity index (χ0n) is 12.9. The van der Waals surface area contributed by atoms with Crippen molar-refractivity contribution in [3.05, 3.63) is 48.7 Å². The number of amides is 2. The molecule has 1 aromatic carbocycles. The monoisotopic (exact) mass is 327 g/mol. The molecule has 0 fully saturated rings. The van der Waals surface area contributed by atoms with E-state index >= 15 is 0 Å². The lowest BCUT2D eigenvalue weighted by molar-refractivity contribution is -0.128. The number of para-hydroxylation sites is 1. The van der Waals surface area contributed by atoms with Gasteiger partial charge in [0.1, 0.15) is 5.82 Å². The first kappa shape index (κ1) is 15.6. The van der Waals surface area contributed by atoms with Gasteiger partial charge in [-0.3, -0.25) is 9.59 Å². The van der Waals surface area contributed by atoms with Crippen LogP contribution in [0.5, 0.6) is 0 Å². The summed E-state index contributed by atoms with van der Waals surface area (Å²) < 4.78 is -1.22. The molecular weight excluding hydrogens is 310 g/mol. The van der Waals surface area contributed by atoms with Gasteiger partial charge in [-0.1, -0.05) is 30.0 Å². The highest BCUT2D eigenvalue weighted by molar-refractivity contribution is 8.02. The van der Waals surface area contributed by atoms with Crippen LogP contribution in [0.2, 0.25) is 0 Å². The molecule has 1 unspecified atom stereocenters. The quantitative estimate of drug-likeness (QED) is 0.881. The number of fused-ring (bicyclic) bond motifs is 1. The number of anilines is 2. The summed E-state index contributed by atoms with van der Waals surface area (Å²) in [6, 6.07) is 12.9. The van der Waals surface area contributed by atoms with Crippen molar-refractivity contribution in [3.63, 3.8) is 0 Å². The second kappa shape index (κ2) is 6.04. The van der Waals surface area contributed by atoms with Gasteiger partial charge in [-0.25, -0.2) is 4.98 Å². The van der Waals surface area contributed by atoms with E-state index in [-0.39, 0.29) is 11.8 Å². The number of benzene rings is 1. The van der Waals surface area contributed by atoms with Crippen LogP contribution in [0.4, 0.5) is 11.5 Å². The van der Waals surface area contributed by atoms with E-state index in [9.17, 15) is 9.59 Å². The molecule has 0 saturated carbocycles. The summed E-state index contributed by atoms with van der Waals surface area (Å²) in [6.45, 7) is 4.08. The number of hydrogen-bond donors (Lipinski definition) is 1. The zero-order chi connectivity index (χ0) is 16.4. The van der Waals surface area contributed by atoms with Crippen LogP contribution in [0.15, 0.2) is 53.6 Å². The Bertz CT molecular complexity index is 751. The Morgan fingerprint density at radius 1 is 1.26 bits per heavy atom. The number of carbonyl (C=O) groups is 2. The highest BCUT2D eigenvalue weighted by atomic mass is 32.2. The number of nitrogens with one attached hydrogen (secondary N) is 1. The van der Waals surface area contributed by atoms with E-state index in [0.29, 0.717) is 12.4 Å². The molecule has 5 nitrogen and oxygen atoms in total. The second-order valence-corrected chi connectivity index (χ2v) is 6.78. The summed E-state index contributed by atoms with van der Waals surface area (Å²) in [7, 11) is 0. The van der Waals surface area contributed by atoms with Crippen molar-refractivity contribution >= 4 is 35.1 Å². The lowest BCUT2D eigenvalue weighted by atomic mass is 10.1. The average molecular weight is 327 g/mol. The molecule has 1 N–H and O–H groups in total. The maximum absolute atomic E-state index is 12.9. The maximum Gasteiger partial charge on any atom is 0.252 e. The molecule has 118 valence electrons. The molecule has 0 saturated heterocycles. The number of hydrogen-bond acceptors (Lipinski definition) is 4. The molecule has 0 bridgehead atoms. The number of carbonyl (C=O) groups excluding carboxylic acids is 2. The molecule has 1 aliphatic heterocycles. The van der Waals surface area contributed by atoms with E-state index in [1.54, 1.807) is 36.2 Å². The van der Waals surface area contributed by atoms with E-state index in [0.717, 1.165) is 10.6 Å². The van der Waals surface area contributed by atoms with Gasteiger partial charge in [0, 0.05) is 17.6 Å². The van der Waals surface area contributed by atoms with Crippen molar-refractivity contribution in [2.24, 2.45) is 0 Å². The number of thioether (sulfide) groups is 1. The fraction of sp³-hybridized carbons (Fsp3) is 0.235. The Balaban J connectivity index is 1.95. The first-order valence-electron chi connectivity index (χ1n) is 7.38. The predicted molar refractivity (Wildman–Crippen MR) is 91.6 cm³/mol. The van der Waals surface area contributed by atoms with E-state index in [1.165, 1.54) is 11.8 Å². The van der Waals surface area contributed by atoms with Gasteiger partial charge in [0.2, 0.25) is 0 Å². The Labute approximate surface area is 139 Å². The molecule has 23 heavy (non-hydrogen) atoms. The standard InChI is InChI=1S/C17H17N3O2S/c1-3-20-12-8-4-5-9-13(12)23-17(2,16(20)22)15(21)19-14-10-6-7-11-18-14/h4-11H,3H2,1-2H3,(H,18,19,21). The van der Waals surface area contributed by atoms with E-state index in [4.69, 9.17) is 0 Å². The molecule has 2 aromatic rings. The lowest BCUT2D eigenvalue weighted by Crippen LogP contribution is -2.54. The summed E-state index contributed by atoms with van der Waals surface area (Å²) in [5, 5.41) is 2.74. The van der Waals surface area contributed by atoms with Crippen LogP contribution in [0.25, 0.3) is 0 Å². The van der Waals surface area contributed by atoms with Crippen LogP contribution in [0, 0.1) is 0 Å². The molecule has 0 aliphatic carbocycles. The van der Waals surface area contributed by atoms with Crippen molar-refractivity contribution in [1.29, 1.82) is 0 Å². The first-order chi connectivity index (χ1) is 11.1. The third-order valence-electron chi connectivity index (χ3n) is 3.78. The fourth-order valence-corrected chi connectivity index (χ4v) is 3.74. The van der Waals surface area contributed by atoms with Crippen LogP contribution >= 0.6 is 11.8 Å². The van der Waals surface area contributed by atoms with Crippen molar-refractivity contribution in [1.82, 2.24) is 4.98 Å². The molecule has 2 amide bonds. The molecule has 0 spiro atoms. The van der Waals surface area contributed by atoms with Crippen LogP contribution in [0.1, 0.15) is 13.8 Å². The van der Waals surface area contributed by atoms with Crippen molar-refractivity contribution in [3.8, 4) is 0 Å². The smallest absolute Gasteiger partial charge is 0.252 e. The summed E-state index contributed by atoms with van der Waals surface area (Å²) >= 11 is 1.28. The van der Waals surface area contributed by atoms with Crippen LogP contribution in [0.3, 0.4) is 0 Å². The second-order valence-electron chi connectivity index (χ2n) is 5.32. The van der Waals surface area contributed by atoms with E-state index in [1.807, 2.05) is 31.2 Å². The van der Waals surface area contributed by atoms with Crippen molar-refractivity contribution in [2.75, 3.05) is 16.8 Å². The van der Waals surface area contributed by atoms with E-state index in [2.05, 4.69) is 10.3 Å². The molecule has 1 aliphatic rings. The highest BCUT2D eigenvalue weighted by Crippen LogP contribution is 2.45. The van der Waals surface area contributed by atoms with Gasteiger partial charge in [-0.15, -0.1) is 0 Å². The Morgan fingerprint density at radius 2 is 2.00 bits per heavy atom. The minimum Gasteiger partial charge on any atom is -0.310 e. The van der Waals surface area contributed by atoms with Gasteiger partial charge >= 0.3 is 0 Å². The average Bonchev–Trinajstić information content (AvgIpc) is 2.57. The van der Waals surface area contributed by atoms with Crippen LogP contribution in [-0.4, -0.2) is 28.1 Å². The van der Waals surface area contributed by atoms with Gasteiger partial charge in [-0.05, 0) is 38.1 Å². The third-order valence-corrected chi connectivity index (χ3v) is 5.11. The number of pyridine rings is 1. The molecule has 1 atom stereocenters. The maximum atomic E-state index is 12.9. The summed E-state index contributed by atoms with van der Waals surface area (Å²) in [5.74, 6) is -0.134. The van der Waals surface area contributed by atoms with Gasteiger partial charge in [0.25, 0.3) is 11.8 Å². The largest absolute Gasteiger partial charge is 0.310 e. The van der Waals surface area contributed by atoms with Crippen LogP contribution in [-0.2, 0) is 9.59 Å². The summed E-state index contributed by atoms with van der Waals surface area (Å²) in [6.07, 6.45) is 1.60. The van der Waals surface area contributed by atoms with Crippen molar-refractivity contribution in [2.45, 2.75) is 23.5 Å². The molecule has 2 heterocycles. The molecular formula is C17H17N3O2S. The Kier molecular flexibility index (Phi) is 4.09. The Hall–Kier alpha value is -2.34. The predicted octanol–water partition coefficient (Wildman–Crippen LogP) is 2.94. The molecule has 0 radical (unpaired) electrons. The fourth-order valence-electron chi connectivity index (χ4n) is 2.53. The molecule has 1 aromatic heterocycles. The number of aromatic nitrogens is 1. The Morgan fingerprint density at radius 3 is 2.70 bits per heavy atom. The highest BCUT2D eigenvalue weighted by Gasteiger charge is 2.48. The zero-order valence-corrected chi connectivity index (χ0v) is 13.8. The topological polar surface area (TPSA) is 62.3 Å². The SMILES string of the molecule is CCN1C(=O)C(C)(C(=O)Nc2ccccn2)Sc2ccccc21. The van der Waals surface area contributed by atoms with Gasteiger partial charge in [-0.2, -0.15) is 0 Å². The lowest BCUT2D eigenvalue weighted by Gasteiger charge is -2.38. The van der Waals surface area contributed by atoms with Gasteiger partial charge in [0.15, 0.2) is 4.75 Å². The van der Waals surface area contributed by atoms with Crippen LogP contribution < -0.4 is 10.2 Å². The van der Waals surface area contributed by atoms with Gasteiger partial charge < -0.3 is 10.2 Å². The number of nitrogens with zero attached hydrogens (tertiary/aromatic N) is 2. The van der Waals surface area contributed by atoms with Crippen molar-refractivity contribution < 1.29 is 9.59 Å². The minimum atomic E-state index is -1.22. The van der Waals surface area contributed by atoms with Gasteiger partial charge in [0.05, 0.1) is 5.69 Å². The molecule has 3 rings (SSSR count). The van der Waals surface area contributed by atoms with E-state index < -0.39 is 4.75 Å². The first-order valence-corrected chi connectivity index (χ1v) is 8.20. The summed E-state index contributed by atoms with van der Waals surface area (Å²) in [5.41, 5.74) is 0.855. The summed E-state index contributed by atoms with van der Waals surface area (Å²) in [4.78, 5) is 32.3. The molecule has 6 heteroatoms. The number of rotatable bonds is 3.